The van der Waals surface area contributed by atoms with Crippen LogP contribution in [0.5, 0.6) is 0 Å². The zero-order valence-electron chi connectivity index (χ0n) is 11.3. The smallest absolute Gasteiger partial charge is 0.227 e. The van der Waals surface area contributed by atoms with E-state index < -0.39 is 0 Å². The van der Waals surface area contributed by atoms with E-state index in [1.165, 1.54) is 0 Å². The lowest BCUT2D eigenvalue weighted by Gasteiger charge is -2.13. The first-order valence-electron chi connectivity index (χ1n) is 5.53. The number of hydrogen-bond acceptors (Lipinski definition) is 4. The molecule has 1 aromatic heterocycles. The molecule has 7 heteroatoms. The zero-order valence-corrected chi connectivity index (χ0v) is 12.9. The van der Waals surface area contributed by atoms with Crippen molar-refractivity contribution in [2.75, 3.05) is 19.0 Å². The van der Waals surface area contributed by atoms with Gasteiger partial charge in [0.05, 0.1) is 23.9 Å². The Kier molecular flexibility index (Phi) is 10.7. The highest BCUT2D eigenvalue weighted by Crippen LogP contribution is 2.13. The fourth-order valence-electron chi connectivity index (χ4n) is 1.49. The molecule has 1 atom stereocenters. The highest BCUT2D eigenvalue weighted by molar-refractivity contribution is 5.91. The Labute approximate surface area is 126 Å². The minimum Gasteiger partial charge on any atom is -0.380 e. The number of carbonyl (C=O) groups excluding carboxylic acids is 1. The number of methoxy groups -OCH3 is 1. The maximum absolute atomic E-state index is 11.7. The summed E-state index contributed by atoms with van der Waals surface area (Å²) in [5.41, 5.74) is 7.92. The molecule has 0 spiro atoms. The number of aromatic nitrogens is 1. The van der Waals surface area contributed by atoms with Crippen molar-refractivity contribution in [3.63, 3.8) is 0 Å². The van der Waals surface area contributed by atoms with E-state index in [4.69, 9.17) is 10.5 Å². The first-order chi connectivity index (χ1) is 8.06. The van der Waals surface area contributed by atoms with E-state index in [0.29, 0.717) is 6.54 Å². The minimum absolute atomic E-state index is 0. The summed E-state index contributed by atoms with van der Waals surface area (Å²) >= 11 is 0. The Hall–Kier alpha value is -0.880. The van der Waals surface area contributed by atoms with E-state index in [0.717, 1.165) is 17.1 Å². The third kappa shape index (κ3) is 6.73. The maximum atomic E-state index is 11.7. The number of rotatable bonds is 5. The molecule has 0 bridgehead atoms. The van der Waals surface area contributed by atoms with E-state index in [1.54, 1.807) is 7.11 Å². The number of nitrogens with zero attached hydrogens (tertiary/aromatic N) is 1. The van der Waals surface area contributed by atoms with Crippen LogP contribution in [-0.2, 0) is 9.53 Å². The van der Waals surface area contributed by atoms with E-state index in [-0.39, 0.29) is 43.2 Å². The molecule has 1 amide bonds. The van der Waals surface area contributed by atoms with Crippen LogP contribution in [-0.4, -0.2) is 30.6 Å². The number of amides is 1. The van der Waals surface area contributed by atoms with Gasteiger partial charge in [-0.1, -0.05) is 0 Å². The van der Waals surface area contributed by atoms with Gasteiger partial charge in [-0.2, -0.15) is 0 Å². The normalized spacial score (nSPS) is 10.9. The van der Waals surface area contributed by atoms with Crippen molar-refractivity contribution in [3.05, 3.63) is 23.5 Å². The maximum Gasteiger partial charge on any atom is 0.227 e. The quantitative estimate of drug-likeness (QED) is 0.870. The first-order valence-corrected chi connectivity index (χ1v) is 5.53. The number of nitrogens with two attached hydrogens (primary N) is 1. The number of halogens is 2. The number of aryl methyl sites for hydroxylation is 2. The van der Waals surface area contributed by atoms with Crippen molar-refractivity contribution in [1.29, 1.82) is 0 Å². The predicted octanol–water partition coefficient (Wildman–Crippen LogP) is 1.84. The highest BCUT2D eigenvalue weighted by Gasteiger charge is 2.12. The zero-order chi connectivity index (χ0) is 12.8. The number of carbonyl (C=O) groups is 1. The SMILES string of the molecule is COC(CN)CC(=O)Nc1ccc(C)nc1C.Cl.Cl. The molecular weight excluding hydrogens is 289 g/mol. The largest absolute Gasteiger partial charge is 0.380 e. The van der Waals surface area contributed by atoms with Gasteiger partial charge < -0.3 is 15.8 Å². The Morgan fingerprint density at radius 1 is 1.42 bits per heavy atom. The molecule has 5 nitrogen and oxygen atoms in total. The van der Waals surface area contributed by atoms with Gasteiger partial charge in [0.2, 0.25) is 5.91 Å². The summed E-state index contributed by atoms with van der Waals surface area (Å²) in [5.74, 6) is -0.115. The third-order valence-corrected chi connectivity index (χ3v) is 2.51. The van der Waals surface area contributed by atoms with Crippen LogP contribution < -0.4 is 11.1 Å². The molecular formula is C12H21Cl2N3O2. The molecule has 0 saturated heterocycles. The number of anilines is 1. The van der Waals surface area contributed by atoms with Gasteiger partial charge in [0.15, 0.2) is 0 Å². The molecule has 1 heterocycles. The van der Waals surface area contributed by atoms with Gasteiger partial charge in [0.1, 0.15) is 0 Å². The van der Waals surface area contributed by atoms with Gasteiger partial charge in [-0.05, 0) is 26.0 Å². The molecule has 1 aromatic rings. The molecule has 0 saturated carbocycles. The Morgan fingerprint density at radius 3 is 2.53 bits per heavy atom. The van der Waals surface area contributed by atoms with Gasteiger partial charge in [0.25, 0.3) is 0 Å². The number of ether oxygens (including phenoxy) is 1. The average Bonchev–Trinajstić information content (AvgIpc) is 2.29. The Bertz CT molecular complexity index is 399. The summed E-state index contributed by atoms with van der Waals surface area (Å²) < 4.78 is 5.06. The van der Waals surface area contributed by atoms with Gasteiger partial charge >= 0.3 is 0 Å². The van der Waals surface area contributed by atoms with Gasteiger partial charge in [-0.3, -0.25) is 9.78 Å². The number of nitrogens with one attached hydrogen (secondary N) is 1. The van der Waals surface area contributed by atoms with E-state index in [2.05, 4.69) is 10.3 Å². The minimum atomic E-state index is -0.242. The molecule has 0 aliphatic rings. The molecule has 1 unspecified atom stereocenters. The van der Waals surface area contributed by atoms with Crippen LogP contribution in [0.1, 0.15) is 17.8 Å². The highest BCUT2D eigenvalue weighted by atomic mass is 35.5. The predicted molar refractivity (Wildman–Crippen MR) is 81.3 cm³/mol. The molecule has 0 aliphatic carbocycles. The third-order valence-electron chi connectivity index (χ3n) is 2.51. The molecule has 0 aliphatic heterocycles. The number of hydrogen-bond donors (Lipinski definition) is 2. The fraction of sp³-hybridized carbons (Fsp3) is 0.500. The van der Waals surface area contributed by atoms with E-state index in [1.807, 2.05) is 26.0 Å². The van der Waals surface area contributed by atoms with Crippen LogP contribution in [0.3, 0.4) is 0 Å². The van der Waals surface area contributed by atoms with Crippen molar-refractivity contribution in [2.45, 2.75) is 26.4 Å². The summed E-state index contributed by atoms with van der Waals surface area (Å²) in [7, 11) is 1.55. The molecule has 19 heavy (non-hydrogen) atoms. The number of pyridine rings is 1. The van der Waals surface area contributed by atoms with Crippen molar-refractivity contribution >= 4 is 36.4 Å². The van der Waals surface area contributed by atoms with Gasteiger partial charge in [-0.25, -0.2) is 0 Å². The van der Waals surface area contributed by atoms with Crippen molar-refractivity contribution in [2.24, 2.45) is 5.73 Å². The second-order valence-electron chi connectivity index (χ2n) is 3.93. The molecule has 110 valence electrons. The van der Waals surface area contributed by atoms with Crippen molar-refractivity contribution in [3.8, 4) is 0 Å². The molecule has 1 rings (SSSR count). The van der Waals surface area contributed by atoms with Crippen LogP contribution in [0.25, 0.3) is 0 Å². The summed E-state index contributed by atoms with van der Waals surface area (Å²) in [6.07, 6.45) is 0.00838. The average molecular weight is 310 g/mol. The lowest BCUT2D eigenvalue weighted by atomic mass is 10.2. The molecule has 0 fully saturated rings. The second-order valence-corrected chi connectivity index (χ2v) is 3.93. The summed E-state index contributed by atoms with van der Waals surface area (Å²) in [6, 6.07) is 3.71. The molecule has 0 radical (unpaired) electrons. The van der Waals surface area contributed by atoms with E-state index in [9.17, 15) is 4.79 Å². The van der Waals surface area contributed by atoms with Gasteiger partial charge in [0, 0.05) is 19.3 Å². The van der Waals surface area contributed by atoms with Crippen LogP contribution >= 0.6 is 24.8 Å². The summed E-state index contributed by atoms with van der Waals surface area (Å²) in [6.45, 7) is 4.10. The standard InChI is InChI=1S/C12H19N3O2.2ClH/c1-8-4-5-11(9(2)14-8)15-12(16)6-10(7-13)17-3;;/h4-5,10H,6-7,13H2,1-3H3,(H,15,16);2*1H. The van der Waals surface area contributed by atoms with Gasteiger partial charge in [-0.15, -0.1) is 24.8 Å². The van der Waals surface area contributed by atoms with Crippen LogP contribution in [0, 0.1) is 13.8 Å². The molecule has 3 N–H and O–H groups in total. The first kappa shape index (κ1) is 20.4. The Balaban J connectivity index is 0. The lowest BCUT2D eigenvalue weighted by molar-refractivity contribution is -0.118. The van der Waals surface area contributed by atoms with Crippen LogP contribution in [0.2, 0.25) is 0 Å². The van der Waals surface area contributed by atoms with Crippen molar-refractivity contribution in [1.82, 2.24) is 4.98 Å². The fourth-order valence-corrected chi connectivity index (χ4v) is 1.49. The monoisotopic (exact) mass is 309 g/mol. The molecule has 0 aromatic carbocycles. The summed E-state index contributed by atoms with van der Waals surface area (Å²) in [5, 5.41) is 2.80. The van der Waals surface area contributed by atoms with Crippen LogP contribution in [0.15, 0.2) is 12.1 Å². The van der Waals surface area contributed by atoms with E-state index >= 15 is 0 Å². The second kappa shape index (κ2) is 9.97. The van der Waals surface area contributed by atoms with Crippen molar-refractivity contribution < 1.29 is 9.53 Å². The Morgan fingerprint density at radius 2 is 2.05 bits per heavy atom. The summed E-state index contributed by atoms with van der Waals surface area (Å²) in [4.78, 5) is 16.0. The lowest BCUT2D eigenvalue weighted by Crippen LogP contribution is -2.28. The van der Waals surface area contributed by atoms with Crippen LogP contribution in [0.4, 0.5) is 5.69 Å². The topological polar surface area (TPSA) is 77.2 Å².